The first kappa shape index (κ1) is 15.9. The van der Waals surface area contributed by atoms with Crippen LogP contribution in [0.5, 0.6) is 0 Å². The molecule has 9 heteroatoms. The van der Waals surface area contributed by atoms with Gasteiger partial charge in [-0.2, -0.15) is 18.2 Å². The SMILES string of the molecule is NC(=O)c1ccc(N(c2nc3cc(C(F)(F)F)ccc3o2)C2CC2)s1. The molecular formula is C16H12F3N3O2S. The molecule has 0 atom stereocenters. The van der Waals surface area contributed by atoms with Gasteiger partial charge in [0, 0.05) is 6.04 Å². The number of primary amides is 1. The summed E-state index contributed by atoms with van der Waals surface area (Å²) in [5.74, 6) is -0.528. The molecule has 25 heavy (non-hydrogen) atoms. The third kappa shape index (κ3) is 2.95. The summed E-state index contributed by atoms with van der Waals surface area (Å²) in [5.41, 5.74) is 4.93. The maximum Gasteiger partial charge on any atom is 0.416 e. The maximum atomic E-state index is 12.9. The number of nitrogens with two attached hydrogens (primary N) is 1. The lowest BCUT2D eigenvalue weighted by Gasteiger charge is -2.17. The Kier molecular flexibility index (Phi) is 3.50. The average molecular weight is 367 g/mol. The van der Waals surface area contributed by atoms with Crippen molar-refractivity contribution < 1.29 is 22.4 Å². The average Bonchev–Trinajstić information content (AvgIpc) is 3.09. The fraction of sp³-hybridized carbons (Fsp3) is 0.250. The number of hydrogen-bond donors (Lipinski definition) is 1. The van der Waals surface area contributed by atoms with E-state index in [2.05, 4.69) is 4.98 Å². The van der Waals surface area contributed by atoms with Gasteiger partial charge in [-0.3, -0.25) is 9.69 Å². The van der Waals surface area contributed by atoms with Crippen molar-refractivity contribution in [1.29, 1.82) is 0 Å². The Bertz CT molecular complexity index is 959. The first-order valence-electron chi connectivity index (χ1n) is 7.49. The van der Waals surface area contributed by atoms with Crippen LogP contribution in [0.25, 0.3) is 11.1 Å². The number of fused-ring (bicyclic) bond motifs is 1. The van der Waals surface area contributed by atoms with Crippen LogP contribution in [0.15, 0.2) is 34.7 Å². The van der Waals surface area contributed by atoms with Gasteiger partial charge >= 0.3 is 12.2 Å². The van der Waals surface area contributed by atoms with Crippen molar-refractivity contribution in [1.82, 2.24) is 4.98 Å². The highest BCUT2D eigenvalue weighted by atomic mass is 32.1. The van der Waals surface area contributed by atoms with Crippen molar-refractivity contribution >= 4 is 39.4 Å². The minimum Gasteiger partial charge on any atom is -0.423 e. The van der Waals surface area contributed by atoms with Crippen LogP contribution in [0.1, 0.15) is 28.1 Å². The van der Waals surface area contributed by atoms with Crippen molar-refractivity contribution in [2.45, 2.75) is 25.1 Å². The second-order valence-corrected chi connectivity index (χ2v) is 6.84. The molecule has 1 fully saturated rings. The van der Waals surface area contributed by atoms with Crippen molar-refractivity contribution in [2.24, 2.45) is 5.73 Å². The summed E-state index contributed by atoms with van der Waals surface area (Å²) in [5, 5.41) is 0.721. The zero-order valence-corrected chi connectivity index (χ0v) is 13.5. The lowest BCUT2D eigenvalue weighted by Crippen LogP contribution is -2.18. The molecule has 1 aromatic carbocycles. The molecule has 0 unspecified atom stereocenters. The van der Waals surface area contributed by atoms with Gasteiger partial charge in [0.05, 0.1) is 15.4 Å². The van der Waals surface area contributed by atoms with Crippen LogP contribution in [-0.4, -0.2) is 16.9 Å². The first-order chi connectivity index (χ1) is 11.8. The van der Waals surface area contributed by atoms with Crippen LogP contribution in [0, 0.1) is 0 Å². The van der Waals surface area contributed by atoms with Gasteiger partial charge in [-0.15, -0.1) is 11.3 Å². The number of nitrogens with zero attached hydrogens (tertiary/aromatic N) is 2. The highest BCUT2D eigenvalue weighted by Crippen LogP contribution is 2.42. The Morgan fingerprint density at radius 2 is 2.04 bits per heavy atom. The van der Waals surface area contributed by atoms with Crippen LogP contribution >= 0.6 is 11.3 Å². The number of amides is 1. The number of alkyl halides is 3. The monoisotopic (exact) mass is 367 g/mol. The number of anilines is 2. The van der Waals surface area contributed by atoms with Gasteiger partial charge in [0.15, 0.2) is 5.58 Å². The topological polar surface area (TPSA) is 72.4 Å². The van der Waals surface area contributed by atoms with Crippen LogP contribution in [-0.2, 0) is 6.18 Å². The van der Waals surface area contributed by atoms with Crippen molar-refractivity contribution in [2.75, 3.05) is 4.90 Å². The Hall–Kier alpha value is -2.55. The van der Waals surface area contributed by atoms with E-state index in [9.17, 15) is 18.0 Å². The van der Waals surface area contributed by atoms with Gasteiger partial charge in [0.25, 0.3) is 5.91 Å². The molecule has 2 N–H and O–H groups in total. The van der Waals surface area contributed by atoms with Gasteiger partial charge in [-0.05, 0) is 43.2 Å². The second-order valence-electron chi connectivity index (χ2n) is 5.78. The molecule has 1 saturated carbocycles. The highest BCUT2D eigenvalue weighted by molar-refractivity contribution is 7.18. The molecule has 1 amide bonds. The van der Waals surface area contributed by atoms with Crippen LogP contribution in [0.4, 0.5) is 24.2 Å². The number of benzene rings is 1. The number of carbonyl (C=O) groups is 1. The Balaban J connectivity index is 1.76. The van der Waals surface area contributed by atoms with E-state index in [1.54, 1.807) is 12.1 Å². The van der Waals surface area contributed by atoms with Crippen LogP contribution < -0.4 is 10.6 Å². The minimum absolute atomic E-state index is 0.141. The number of halogens is 3. The summed E-state index contributed by atoms with van der Waals surface area (Å²) in [7, 11) is 0. The summed E-state index contributed by atoms with van der Waals surface area (Å²) in [6.45, 7) is 0. The van der Waals surface area contributed by atoms with Crippen LogP contribution in [0.2, 0.25) is 0 Å². The summed E-state index contributed by atoms with van der Waals surface area (Å²) >= 11 is 1.20. The molecule has 4 rings (SSSR count). The van der Waals surface area contributed by atoms with E-state index >= 15 is 0 Å². The molecule has 2 aromatic heterocycles. The zero-order chi connectivity index (χ0) is 17.8. The number of aromatic nitrogens is 1. The van der Waals surface area contributed by atoms with E-state index < -0.39 is 17.6 Å². The molecule has 130 valence electrons. The van der Waals surface area contributed by atoms with Gasteiger partial charge in [0.2, 0.25) is 0 Å². The molecule has 1 aliphatic rings. The summed E-state index contributed by atoms with van der Waals surface area (Å²) in [4.78, 5) is 17.7. The first-order valence-corrected chi connectivity index (χ1v) is 8.31. The molecule has 3 aromatic rings. The molecule has 0 aliphatic heterocycles. The number of carbonyl (C=O) groups excluding carboxylic acids is 1. The third-order valence-corrected chi connectivity index (χ3v) is 4.99. The predicted octanol–water partition coefficient (Wildman–Crippen LogP) is 4.31. The molecule has 2 heterocycles. The molecule has 0 spiro atoms. The number of oxazole rings is 1. The Labute approximate surface area is 143 Å². The third-order valence-electron chi connectivity index (χ3n) is 3.89. The highest BCUT2D eigenvalue weighted by Gasteiger charge is 2.35. The molecule has 1 aliphatic carbocycles. The van der Waals surface area contributed by atoms with E-state index in [4.69, 9.17) is 10.2 Å². The summed E-state index contributed by atoms with van der Waals surface area (Å²) in [6.07, 6.45) is -2.61. The van der Waals surface area contributed by atoms with Gasteiger partial charge in [-0.25, -0.2) is 0 Å². The van der Waals surface area contributed by atoms with E-state index in [0.717, 1.165) is 30.0 Å². The fourth-order valence-corrected chi connectivity index (χ4v) is 3.47. The molecular weight excluding hydrogens is 355 g/mol. The summed E-state index contributed by atoms with van der Waals surface area (Å²) in [6, 6.07) is 6.92. The molecule has 0 saturated heterocycles. The second kappa shape index (κ2) is 5.48. The zero-order valence-electron chi connectivity index (χ0n) is 12.7. The van der Waals surface area contributed by atoms with Gasteiger partial charge < -0.3 is 10.2 Å². The maximum absolute atomic E-state index is 12.9. The van der Waals surface area contributed by atoms with Gasteiger partial charge in [-0.1, -0.05) is 0 Å². The van der Waals surface area contributed by atoms with E-state index in [-0.39, 0.29) is 23.2 Å². The molecule has 0 bridgehead atoms. The van der Waals surface area contributed by atoms with E-state index in [1.807, 2.05) is 4.90 Å². The van der Waals surface area contributed by atoms with Crippen molar-refractivity contribution in [3.8, 4) is 0 Å². The predicted molar refractivity (Wildman–Crippen MR) is 87.0 cm³/mol. The number of rotatable bonds is 4. The number of thiophene rings is 1. The Morgan fingerprint density at radius 1 is 1.28 bits per heavy atom. The molecule has 5 nitrogen and oxygen atoms in total. The van der Waals surface area contributed by atoms with Crippen LogP contribution in [0.3, 0.4) is 0 Å². The van der Waals surface area contributed by atoms with Crippen molar-refractivity contribution in [3.05, 3.63) is 40.8 Å². The largest absolute Gasteiger partial charge is 0.423 e. The lowest BCUT2D eigenvalue weighted by molar-refractivity contribution is -0.137. The quantitative estimate of drug-likeness (QED) is 0.746. The molecule has 0 radical (unpaired) electrons. The van der Waals surface area contributed by atoms with E-state index in [0.29, 0.717) is 4.88 Å². The van der Waals surface area contributed by atoms with Crippen molar-refractivity contribution in [3.63, 3.8) is 0 Å². The van der Waals surface area contributed by atoms with E-state index in [1.165, 1.54) is 17.4 Å². The fourth-order valence-electron chi connectivity index (χ4n) is 2.55. The minimum atomic E-state index is -4.44. The Morgan fingerprint density at radius 3 is 2.64 bits per heavy atom. The van der Waals surface area contributed by atoms with Gasteiger partial charge in [0.1, 0.15) is 5.52 Å². The summed E-state index contributed by atoms with van der Waals surface area (Å²) < 4.78 is 44.2. The lowest BCUT2D eigenvalue weighted by atomic mass is 10.2. The number of hydrogen-bond acceptors (Lipinski definition) is 5. The normalized spacial score (nSPS) is 14.8. The smallest absolute Gasteiger partial charge is 0.416 e. The standard InChI is InChI=1S/C16H12F3N3O2S/c17-16(18,19)8-1-4-11-10(7-8)21-15(24-11)22(9-2-3-9)13-6-5-12(25-13)14(20)23/h1,4-7,9H,2-3H2,(H2,20,23).